The number of aromatic hydroxyl groups is 1. The number of ether oxygens (including phenoxy) is 2. The number of aromatic nitrogens is 2. The molecule has 8 rings (SSSR count). The summed E-state index contributed by atoms with van der Waals surface area (Å²) >= 11 is 0. The topological polar surface area (TPSA) is 137 Å². The van der Waals surface area contributed by atoms with Crippen molar-refractivity contribution >= 4 is 34.8 Å². The number of piperazine rings is 1. The van der Waals surface area contributed by atoms with Gasteiger partial charge in [0.25, 0.3) is 5.91 Å². The maximum Gasteiger partial charge on any atom is 0.255 e. The molecule has 4 heterocycles. The number of carbonyl (C=O) groups is 3. The molecule has 290 valence electrons. The number of hydrogen-bond acceptors (Lipinski definition) is 10. The van der Waals surface area contributed by atoms with Gasteiger partial charge in [0.05, 0.1) is 12.4 Å². The fourth-order valence-electron chi connectivity index (χ4n) is 7.77. The zero-order valence-electron chi connectivity index (χ0n) is 31.8. The third kappa shape index (κ3) is 8.36. The lowest BCUT2D eigenvalue weighted by Gasteiger charge is -2.34. The Balaban J connectivity index is 0.819. The average molecular weight is 765 g/mol. The molecule has 0 aliphatic carbocycles. The van der Waals surface area contributed by atoms with Crippen molar-refractivity contribution in [3.8, 4) is 23.0 Å². The van der Waals surface area contributed by atoms with Crippen LogP contribution in [0.3, 0.4) is 0 Å². The molecule has 12 heteroatoms. The maximum atomic E-state index is 13.0. The van der Waals surface area contributed by atoms with E-state index in [4.69, 9.17) is 9.47 Å². The molecule has 4 aromatic carbocycles. The van der Waals surface area contributed by atoms with Gasteiger partial charge in [-0.1, -0.05) is 61.5 Å². The van der Waals surface area contributed by atoms with Crippen LogP contribution in [0.25, 0.3) is 11.1 Å². The third-order valence-electron chi connectivity index (χ3n) is 10.8. The van der Waals surface area contributed by atoms with Crippen LogP contribution < -0.4 is 19.7 Å². The van der Waals surface area contributed by atoms with Gasteiger partial charge in [0.15, 0.2) is 5.75 Å². The van der Waals surface area contributed by atoms with Crippen molar-refractivity contribution in [2.24, 2.45) is 0 Å². The number of amides is 3. The van der Waals surface area contributed by atoms with Crippen molar-refractivity contribution in [2.75, 3.05) is 44.2 Å². The number of rotatable bonds is 12. The highest BCUT2D eigenvalue weighted by atomic mass is 16.5. The summed E-state index contributed by atoms with van der Waals surface area (Å²) in [5, 5.41) is 12.3. The normalized spacial score (nSPS) is 17.6. The Morgan fingerprint density at radius 3 is 2.18 bits per heavy atom. The molecule has 2 N–H and O–H groups in total. The van der Waals surface area contributed by atoms with Crippen LogP contribution >= 0.6 is 0 Å². The zero-order chi connectivity index (χ0) is 39.3. The van der Waals surface area contributed by atoms with Crippen molar-refractivity contribution in [1.29, 1.82) is 0 Å². The minimum atomic E-state index is -0.664. The van der Waals surface area contributed by atoms with E-state index in [1.807, 2.05) is 30.3 Å². The summed E-state index contributed by atoms with van der Waals surface area (Å²) in [5.74, 6) is 1.74. The fraction of sp³-hybridized carbons (Fsp3) is 0.267. The molecule has 12 nitrogen and oxygen atoms in total. The zero-order valence-corrected chi connectivity index (χ0v) is 31.8. The summed E-state index contributed by atoms with van der Waals surface area (Å²) < 4.78 is 12.2. The molecule has 0 radical (unpaired) electrons. The van der Waals surface area contributed by atoms with Crippen LogP contribution in [0.2, 0.25) is 0 Å². The quantitative estimate of drug-likeness (QED) is 0.110. The Morgan fingerprint density at radius 2 is 1.49 bits per heavy atom. The van der Waals surface area contributed by atoms with Crippen LogP contribution in [-0.2, 0) is 16.1 Å². The largest absolute Gasteiger partial charge is 0.508 e. The number of nitrogens with one attached hydrogen (secondary N) is 1. The summed E-state index contributed by atoms with van der Waals surface area (Å²) in [5.41, 5.74) is 6.98. The van der Waals surface area contributed by atoms with E-state index >= 15 is 0 Å². The van der Waals surface area contributed by atoms with Crippen molar-refractivity contribution < 1.29 is 29.0 Å². The van der Waals surface area contributed by atoms with Crippen LogP contribution in [0.5, 0.6) is 23.0 Å². The first-order valence-electron chi connectivity index (χ1n) is 19.4. The van der Waals surface area contributed by atoms with Crippen LogP contribution in [0.1, 0.15) is 58.8 Å². The first kappa shape index (κ1) is 37.4. The molecule has 0 bridgehead atoms. The van der Waals surface area contributed by atoms with Crippen LogP contribution in [0, 0.1) is 0 Å². The lowest BCUT2D eigenvalue weighted by Crippen LogP contribution is -2.52. The standard InChI is InChI=1S/C45H44N6O6/c1-2-38(30-6-4-3-5-7-30)42(31-8-12-34(52)13-9-31)32-10-14-35(15-11-32)56-25-24-49-20-22-50(23-21-49)45-46-27-37(28-47-45)57-36-16-17-39-33(26-36)29-51(44(39)55)40-18-19-41(53)48-43(40)54/h3-17,26-28,40,52H,2,18-25,29H2,1H3,(H,48,53,54). The second-order valence-electron chi connectivity index (χ2n) is 14.4. The van der Waals surface area contributed by atoms with Crippen molar-refractivity contribution in [2.45, 2.75) is 38.8 Å². The number of nitrogens with zero attached hydrogens (tertiary/aromatic N) is 5. The number of benzene rings is 4. The summed E-state index contributed by atoms with van der Waals surface area (Å²) in [6.45, 7) is 7.09. The number of phenols is 1. The van der Waals surface area contributed by atoms with Gasteiger partial charge in [-0.25, -0.2) is 9.97 Å². The number of phenolic OH excluding ortho intramolecular Hbond substituents is 1. The van der Waals surface area contributed by atoms with Crippen LogP contribution in [0.4, 0.5) is 5.95 Å². The second-order valence-corrected chi connectivity index (χ2v) is 14.4. The lowest BCUT2D eigenvalue weighted by atomic mass is 9.88. The minimum absolute atomic E-state index is 0.211. The molecule has 5 aromatic rings. The molecule has 1 unspecified atom stereocenters. The number of fused-ring (bicyclic) bond motifs is 1. The molecule has 1 aromatic heterocycles. The van der Waals surface area contributed by atoms with Gasteiger partial charge in [0, 0.05) is 51.3 Å². The first-order valence-corrected chi connectivity index (χ1v) is 19.4. The number of imide groups is 1. The van der Waals surface area contributed by atoms with E-state index in [9.17, 15) is 19.5 Å². The summed E-state index contributed by atoms with van der Waals surface area (Å²) in [6, 6.07) is 30.7. The van der Waals surface area contributed by atoms with E-state index < -0.39 is 11.9 Å². The van der Waals surface area contributed by atoms with Crippen LogP contribution in [0.15, 0.2) is 109 Å². The van der Waals surface area contributed by atoms with Gasteiger partial charge in [0.1, 0.15) is 29.9 Å². The summed E-state index contributed by atoms with van der Waals surface area (Å²) in [6.07, 6.45) is 4.68. The predicted molar refractivity (Wildman–Crippen MR) is 216 cm³/mol. The predicted octanol–water partition coefficient (Wildman–Crippen LogP) is 6.31. The Morgan fingerprint density at radius 1 is 0.807 bits per heavy atom. The number of hydrogen-bond donors (Lipinski definition) is 2. The average Bonchev–Trinajstić information content (AvgIpc) is 3.56. The van der Waals surface area contributed by atoms with E-state index in [1.54, 1.807) is 42.7 Å². The monoisotopic (exact) mass is 764 g/mol. The first-order chi connectivity index (χ1) is 27.8. The molecule has 3 aliphatic rings. The molecule has 57 heavy (non-hydrogen) atoms. The Labute approximate surface area is 331 Å². The molecular formula is C45H44N6O6. The molecule has 2 saturated heterocycles. The third-order valence-corrected chi connectivity index (χ3v) is 10.8. The fourth-order valence-corrected chi connectivity index (χ4v) is 7.77. The molecular weight excluding hydrogens is 721 g/mol. The SMILES string of the molecule is CCC(=C(c1ccc(O)cc1)c1ccc(OCCN2CCN(c3ncc(Oc4ccc5c(c4)CN(C4CCC(=O)NC4=O)C5=O)cn3)CC2)cc1)c1ccccc1. The van der Waals surface area contributed by atoms with Gasteiger partial charge < -0.3 is 24.4 Å². The maximum absolute atomic E-state index is 13.0. The van der Waals surface area contributed by atoms with E-state index in [1.165, 1.54) is 16.0 Å². The lowest BCUT2D eigenvalue weighted by molar-refractivity contribution is -0.136. The van der Waals surface area contributed by atoms with Crippen molar-refractivity contribution in [3.05, 3.63) is 137 Å². The van der Waals surface area contributed by atoms with E-state index in [-0.39, 0.29) is 30.5 Å². The van der Waals surface area contributed by atoms with Gasteiger partial charge in [-0.2, -0.15) is 0 Å². The van der Waals surface area contributed by atoms with Crippen molar-refractivity contribution in [3.63, 3.8) is 0 Å². The van der Waals surface area contributed by atoms with Crippen LogP contribution in [-0.4, -0.2) is 88.0 Å². The van der Waals surface area contributed by atoms with Gasteiger partial charge in [0.2, 0.25) is 17.8 Å². The van der Waals surface area contributed by atoms with Gasteiger partial charge >= 0.3 is 0 Å². The highest BCUT2D eigenvalue weighted by molar-refractivity contribution is 6.05. The van der Waals surface area contributed by atoms with Crippen molar-refractivity contribution in [1.82, 2.24) is 25.1 Å². The minimum Gasteiger partial charge on any atom is -0.508 e. The molecule has 3 amide bonds. The summed E-state index contributed by atoms with van der Waals surface area (Å²) in [4.78, 5) is 52.2. The second kappa shape index (κ2) is 16.7. The van der Waals surface area contributed by atoms with Gasteiger partial charge in [-0.3, -0.25) is 24.6 Å². The van der Waals surface area contributed by atoms with E-state index in [2.05, 4.69) is 68.4 Å². The Bertz CT molecular complexity index is 2270. The number of piperidine rings is 1. The number of allylic oxidation sites excluding steroid dienone is 1. The molecule has 3 aliphatic heterocycles. The van der Waals surface area contributed by atoms with Gasteiger partial charge in [-0.05, 0) is 88.7 Å². The smallest absolute Gasteiger partial charge is 0.255 e. The Kier molecular flexibility index (Phi) is 10.9. The van der Waals surface area contributed by atoms with Gasteiger partial charge in [-0.15, -0.1) is 0 Å². The molecule has 1 atom stereocenters. The summed E-state index contributed by atoms with van der Waals surface area (Å²) in [7, 11) is 0. The van der Waals surface area contributed by atoms with E-state index in [0.717, 1.165) is 67.2 Å². The highest BCUT2D eigenvalue weighted by Gasteiger charge is 2.39. The Hall–Kier alpha value is -6.53. The molecule has 0 saturated carbocycles. The highest BCUT2D eigenvalue weighted by Crippen LogP contribution is 2.36. The van der Waals surface area contributed by atoms with E-state index in [0.29, 0.717) is 36.0 Å². The number of carbonyl (C=O) groups excluding carboxylic acids is 3. The molecule has 0 spiro atoms. The molecule has 2 fully saturated rings. The number of anilines is 1.